The van der Waals surface area contributed by atoms with Crippen molar-refractivity contribution in [2.24, 2.45) is 11.8 Å². The van der Waals surface area contributed by atoms with E-state index in [1.54, 1.807) is 0 Å². The van der Waals surface area contributed by atoms with E-state index in [1.165, 1.54) is 18.4 Å². The summed E-state index contributed by atoms with van der Waals surface area (Å²) in [6.07, 6.45) is 8.88. The fourth-order valence-electron chi connectivity index (χ4n) is 2.25. The van der Waals surface area contributed by atoms with Gasteiger partial charge in [-0.05, 0) is 38.5 Å². The van der Waals surface area contributed by atoms with Gasteiger partial charge in [0.15, 0.2) is 0 Å². The molecule has 19 heavy (non-hydrogen) atoms. The first-order valence-corrected chi connectivity index (χ1v) is 7.75. The predicted octanol–water partition coefficient (Wildman–Crippen LogP) is 4.76. The van der Waals surface area contributed by atoms with Crippen LogP contribution in [-0.4, -0.2) is 18.0 Å². The van der Waals surface area contributed by atoms with Crippen LogP contribution in [-0.2, 0) is 4.79 Å². The van der Waals surface area contributed by atoms with Crippen LogP contribution in [0, 0.1) is 11.8 Å². The second-order valence-corrected chi connectivity index (χ2v) is 5.18. The molecular formula is C17H34O2. The highest BCUT2D eigenvalue weighted by atomic mass is 16.2. The molecule has 1 unspecified atom stereocenters. The normalized spacial score (nSPS) is 19.3. The maximum atomic E-state index is 11.7. The SMILES string of the molecule is C/C(=C\CCC(C)C)C1CCCCC1=O.CC.CO. The first-order valence-electron chi connectivity index (χ1n) is 7.75. The van der Waals surface area contributed by atoms with Crippen molar-refractivity contribution in [3.05, 3.63) is 11.6 Å². The Morgan fingerprint density at radius 1 is 1.32 bits per heavy atom. The van der Waals surface area contributed by atoms with Gasteiger partial charge in [0.2, 0.25) is 0 Å². The first-order chi connectivity index (χ1) is 9.11. The molecule has 1 aliphatic rings. The number of Topliss-reactive ketones (excluding diaryl/α,β-unsaturated/α-hetero) is 1. The molecule has 0 bridgehead atoms. The van der Waals surface area contributed by atoms with Gasteiger partial charge in [0.05, 0.1) is 0 Å². The fourth-order valence-corrected chi connectivity index (χ4v) is 2.25. The lowest BCUT2D eigenvalue weighted by Crippen LogP contribution is -2.19. The minimum atomic E-state index is 0.255. The highest BCUT2D eigenvalue weighted by Gasteiger charge is 2.22. The van der Waals surface area contributed by atoms with E-state index in [2.05, 4.69) is 26.8 Å². The van der Waals surface area contributed by atoms with Crippen LogP contribution in [0.25, 0.3) is 0 Å². The minimum absolute atomic E-state index is 0.255. The molecule has 1 aliphatic carbocycles. The molecule has 1 atom stereocenters. The Hall–Kier alpha value is -0.630. The first kappa shape index (κ1) is 20.7. The molecule has 0 aromatic rings. The molecule has 2 heteroatoms. The number of ketones is 1. The van der Waals surface area contributed by atoms with E-state index in [1.807, 2.05) is 13.8 Å². The molecule has 0 aromatic carbocycles. The summed E-state index contributed by atoms with van der Waals surface area (Å²) in [5.41, 5.74) is 1.32. The summed E-state index contributed by atoms with van der Waals surface area (Å²) >= 11 is 0. The van der Waals surface area contributed by atoms with Crippen LogP contribution in [0.5, 0.6) is 0 Å². The Labute approximate surface area is 120 Å². The molecule has 114 valence electrons. The summed E-state index contributed by atoms with van der Waals surface area (Å²) in [5.74, 6) is 1.49. The third-order valence-electron chi connectivity index (χ3n) is 3.31. The summed E-state index contributed by atoms with van der Waals surface area (Å²) in [6.45, 7) is 10.6. The number of rotatable bonds is 4. The summed E-state index contributed by atoms with van der Waals surface area (Å²) in [5, 5.41) is 7.00. The Kier molecular flexibility index (Phi) is 15.0. The Morgan fingerprint density at radius 3 is 2.37 bits per heavy atom. The second-order valence-electron chi connectivity index (χ2n) is 5.18. The monoisotopic (exact) mass is 270 g/mol. The number of carbonyl (C=O) groups is 1. The molecule has 1 rings (SSSR count). The number of hydrogen-bond donors (Lipinski definition) is 1. The van der Waals surface area contributed by atoms with E-state index in [0.29, 0.717) is 5.78 Å². The Balaban J connectivity index is 0. The van der Waals surface area contributed by atoms with Gasteiger partial charge in [0, 0.05) is 19.4 Å². The molecule has 1 fully saturated rings. The van der Waals surface area contributed by atoms with Crippen LogP contribution < -0.4 is 0 Å². The smallest absolute Gasteiger partial charge is 0.139 e. The molecule has 0 spiro atoms. The van der Waals surface area contributed by atoms with Gasteiger partial charge in [0.1, 0.15) is 5.78 Å². The van der Waals surface area contributed by atoms with Gasteiger partial charge in [-0.3, -0.25) is 4.79 Å². The lowest BCUT2D eigenvalue weighted by Gasteiger charge is -2.21. The lowest BCUT2D eigenvalue weighted by molar-refractivity contribution is -0.123. The van der Waals surface area contributed by atoms with Gasteiger partial charge in [0.25, 0.3) is 0 Å². The molecular weight excluding hydrogens is 236 g/mol. The summed E-state index contributed by atoms with van der Waals surface area (Å²) in [4.78, 5) is 11.7. The molecule has 1 saturated carbocycles. The van der Waals surface area contributed by atoms with Gasteiger partial charge in [-0.1, -0.05) is 45.8 Å². The third kappa shape index (κ3) is 9.89. The van der Waals surface area contributed by atoms with Crippen molar-refractivity contribution >= 4 is 5.78 Å². The maximum Gasteiger partial charge on any atom is 0.139 e. The van der Waals surface area contributed by atoms with Gasteiger partial charge in [-0.25, -0.2) is 0 Å². The van der Waals surface area contributed by atoms with Crippen LogP contribution in [0.1, 0.15) is 73.1 Å². The van der Waals surface area contributed by atoms with Crippen LogP contribution in [0.4, 0.5) is 0 Å². The fraction of sp³-hybridized carbons (Fsp3) is 0.824. The van der Waals surface area contributed by atoms with Crippen molar-refractivity contribution in [3.63, 3.8) is 0 Å². The maximum absolute atomic E-state index is 11.7. The van der Waals surface area contributed by atoms with Crippen LogP contribution in [0.2, 0.25) is 0 Å². The van der Waals surface area contributed by atoms with Crippen LogP contribution >= 0.6 is 0 Å². The number of aliphatic hydroxyl groups is 1. The van der Waals surface area contributed by atoms with E-state index >= 15 is 0 Å². The molecule has 0 heterocycles. The number of hydrogen-bond acceptors (Lipinski definition) is 2. The van der Waals surface area contributed by atoms with Crippen molar-refractivity contribution in [1.29, 1.82) is 0 Å². The zero-order chi connectivity index (χ0) is 15.3. The van der Waals surface area contributed by atoms with Gasteiger partial charge in [-0.15, -0.1) is 0 Å². The second kappa shape index (κ2) is 13.8. The predicted molar refractivity (Wildman–Crippen MR) is 84.3 cm³/mol. The van der Waals surface area contributed by atoms with E-state index < -0.39 is 0 Å². The van der Waals surface area contributed by atoms with Gasteiger partial charge >= 0.3 is 0 Å². The molecule has 1 N–H and O–H groups in total. The molecule has 0 amide bonds. The highest BCUT2D eigenvalue weighted by molar-refractivity contribution is 5.84. The van der Waals surface area contributed by atoms with Crippen LogP contribution in [0.3, 0.4) is 0 Å². The summed E-state index contributed by atoms with van der Waals surface area (Å²) in [6, 6.07) is 0. The summed E-state index contributed by atoms with van der Waals surface area (Å²) < 4.78 is 0. The molecule has 0 saturated heterocycles. The van der Waals surface area contributed by atoms with Crippen molar-refractivity contribution in [1.82, 2.24) is 0 Å². The Morgan fingerprint density at radius 2 is 1.89 bits per heavy atom. The average molecular weight is 270 g/mol. The van der Waals surface area contributed by atoms with Crippen LogP contribution in [0.15, 0.2) is 11.6 Å². The summed E-state index contributed by atoms with van der Waals surface area (Å²) in [7, 11) is 1.00. The number of aliphatic hydroxyl groups excluding tert-OH is 1. The number of allylic oxidation sites excluding steroid dienone is 2. The molecule has 0 aliphatic heterocycles. The zero-order valence-electron chi connectivity index (χ0n) is 13.8. The molecule has 0 aromatic heterocycles. The Bertz CT molecular complexity index is 242. The van der Waals surface area contributed by atoms with Crippen molar-refractivity contribution in [2.75, 3.05) is 7.11 Å². The van der Waals surface area contributed by atoms with Gasteiger partial charge in [-0.2, -0.15) is 0 Å². The standard InChI is InChI=1S/C14H24O.C2H6.CH4O/c1-11(2)7-6-8-12(3)13-9-4-5-10-14(13)15;2*1-2/h8,11,13H,4-7,9-10H2,1-3H3;1-2H3;2H,1H3/b12-8+;;. The highest BCUT2D eigenvalue weighted by Crippen LogP contribution is 2.27. The number of carbonyl (C=O) groups excluding carboxylic acids is 1. The van der Waals surface area contributed by atoms with Crippen molar-refractivity contribution < 1.29 is 9.90 Å². The topological polar surface area (TPSA) is 37.3 Å². The lowest BCUT2D eigenvalue weighted by atomic mass is 9.83. The van der Waals surface area contributed by atoms with E-state index in [4.69, 9.17) is 5.11 Å². The molecule has 0 radical (unpaired) electrons. The molecule has 2 nitrogen and oxygen atoms in total. The van der Waals surface area contributed by atoms with E-state index in [9.17, 15) is 4.79 Å². The van der Waals surface area contributed by atoms with Crippen molar-refractivity contribution in [2.45, 2.75) is 73.1 Å². The average Bonchev–Trinajstić information content (AvgIpc) is 2.43. The zero-order valence-corrected chi connectivity index (χ0v) is 13.8. The largest absolute Gasteiger partial charge is 0.400 e. The van der Waals surface area contributed by atoms with Crippen molar-refractivity contribution in [3.8, 4) is 0 Å². The van der Waals surface area contributed by atoms with E-state index in [-0.39, 0.29) is 5.92 Å². The minimum Gasteiger partial charge on any atom is -0.400 e. The van der Waals surface area contributed by atoms with E-state index in [0.717, 1.165) is 38.7 Å². The quantitative estimate of drug-likeness (QED) is 0.748. The third-order valence-corrected chi connectivity index (χ3v) is 3.31. The van der Waals surface area contributed by atoms with Gasteiger partial charge < -0.3 is 5.11 Å².